The molecule has 2 aromatic rings. The van der Waals surface area contributed by atoms with Crippen molar-refractivity contribution in [1.29, 1.82) is 0 Å². The molecule has 5 nitrogen and oxygen atoms in total. The number of hydrogen-bond donors (Lipinski definition) is 2. The minimum absolute atomic E-state index is 0.0384. The molecule has 1 amide bonds. The molecule has 0 unspecified atom stereocenters. The average Bonchev–Trinajstić information content (AvgIpc) is 3.01. The second kappa shape index (κ2) is 5.89. The molecule has 1 aliphatic carbocycles. The Hall–Kier alpha value is -1.82. The van der Waals surface area contributed by atoms with E-state index < -0.39 is 0 Å². The SMILES string of the molecule is Cc1cc(CNc2cnn(CC(=O)NC3CC3)c2)c(C)s1. The lowest BCUT2D eigenvalue weighted by molar-refractivity contribution is -0.122. The molecule has 0 aromatic carbocycles. The summed E-state index contributed by atoms with van der Waals surface area (Å²) in [6, 6.07) is 2.61. The van der Waals surface area contributed by atoms with Crippen molar-refractivity contribution in [3.05, 3.63) is 33.8 Å². The van der Waals surface area contributed by atoms with Gasteiger partial charge in [0, 0.05) is 28.5 Å². The number of nitrogens with zero attached hydrogens (tertiary/aromatic N) is 2. The molecule has 112 valence electrons. The summed E-state index contributed by atoms with van der Waals surface area (Å²) in [7, 11) is 0. The molecule has 1 aliphatic rings. The average molecular weight is 304 g/mol. The Morgan fingerprint density at radius 2 is 2.29 bits per heavy atom. The molecule has 1 saturated carbocycles. The van der Waals surface area contributed by atoms with Crippen LogP contribution in [0.5, 0.6) is 0 Å². The van der Waals surface area contributed by atoms with Gasteiger partial charge in [0.1, 0.15) is 6.54 Å². The number of aryl methyl sites for hydroxylation is 2. The van der Waals surface area contributed by atoms with Crippen molar-refractivity contribution in [2.45, 2.75) is 45.8 Å². The van der Waals surface area contributed by atoms with Gasteiger partial charge in [0.15, 0.2) is 0 Å². The van der Waals surface area contributed by atoms with Gasteiger partial charge in [0.05, 0.1) is 11.9 Å². The van der Waals surface area contributed by atoms with Crippen molar-refractivity contribution in [2.24, 2.45) is 0 Å². The van der Waals surface area contributed by atoms with Gasteiger partial charge in [0.25, 0.3) is 0 Å². The van der Waals surface area contributed by atoms with E-state index in [0.717, 1.165) is 25.1 Å². The maximum absolute atomic E-state index is 11.7. The molecule has 0 saturated heterocycles. The van der Waals surface area contributed by atoms with Crippen LogP contribution >= 0.6 is 11.3 Å². The quantitative estimate of drug-likeness (QED) is 0.862. The van der Waals surface area contributed by atoms with Crippen LogP contribution in [0.1, 0.15) is 28.2 Å². The molecule has 2 N–H and O–H groups in total. The highest BCUT2D eigenvalue weighted by Crippen LogP contribution is 2.21. The molecule has 1 fully saturated rings. The predicted molar refractivity (Wildman–Crippen MR) is 84.5 cm³/mol. The highest BCUT2D eigenvalue weighted by Gasteiger charge is 2.23. The van der Waals surface area contributed by atoms with Crippen LogP contribution in [0.4, 0.5) is 5.69 Å². The van der Waals surface area contributed by atoms with Gasteiger partial charge in [-0.25, -0.2) is 0 Å². The summed E-state index contributed by atoms with van der Waals surface area (Å²) in [5.74, 6) is 0.0384. The minimum atomic E-state index is 0.0384. The van der Waals surface area contributed by atoms with E-state index in [2.05, 4.69) is 35.6 Å². The van der Waals surface area contributed by atoms with Crippen LogP contribution < -0.4 is 10.6 Å². The smallest absolute Gasteiger partial charge is 0.241 e. The zero-order chi connectivity index (χ0) is 14.8. The molecule has 0 spiro atoms. The van der Waals surface area contributed by atoms with Gasteiger partial charge in [-0.15, -0.1) is 11.3 Å². The van der Waals surface area contributed by atoms with E-state index in [-0.39, 0.29) is 12.5 Å². The third-order valence-electron chi connectivity index (χ3n) is 3.51. The van der Waals surface area contributed by atoms with E-state index in [1.807, 2.05) is 17.5 Å². The fourth-order valence-electron chi connectivity index (χ4n) is 2.25. The van der Waals surface area contributed by atoms with Crippen LogP contribution in [-0.2, 0) is 17.9 Å². The Balaban J connectivity index is 1.52. The van der Waals surface area contributed by atoms with E-state index in [1.54, 1.807) is 10.9 Å². The summed E-state index contributed by atoms with van der Waals surface area (Å²) in [5.41, 5.74) is 2.26. The number of amides is 1. The lowest BCUT2D eigenvalue weighted by Gasteiger charge is -2.04. The van der Waals surface area contributed by atoms with Crippen molar-refractivity contribution in [3.63, 3.8) is 0 Å². The number of hydrogen-bond acceptors (Lipinski definition) is 4. The van der Waals surface area contributed by atoms with Gasteiger partial charge in [-0.2, -0.15) is 5.10 Å². The summed E-state index contributed by atoms with van der Waals surface area (Å²) >= 11 is 1.82. The first-order valence-corrected chi connectivity index (χ1v) is 8.03. The molecule has 21 heavy (non-hydrogen) atoms. The summed E-state index contributed by atoms with van der Waals surface area (Å²) in [6.45, 7) is 5.34. The second-order valence-electron chi connectivity index (χ2n) is 5.56. The molecular formula is C15H20N4OS. The largest absolute Gasteiger partial charge is 0.378 e. The number of rotatable bonds is 6. The zero-order valence-electron chi connectivity index (χ0n) is 12.3. The third kappa shape index (κ3) is 3.85. The van der Waals surface area contributed by atoms with Crippen LogP contribution in [0.25, 0.3) is 0 Å². The monoisotopic (exact) mass is 304 g/mol. The Kier molecular flexibility index (Phi) is 3.96. The standard InChI is InChI=1S/C15H20N4OS/c1-10-5-12(11(2)21-10)6-16-14-7-17-19(8-14)9-15(20)18-13-3-4-13/h5,7-8,13,16H,3-4,6,9H2,1-2H3,(H,18,20). The summed E-state index contributed by atoms with van der Waals surface area (Å²) in [4.78, 5) is 14.4. The van der Waals surface area contributed by atoms with Gasteiger partial charge in [-0.1, -0.05) is 0 Å². The van der Waals surface area contributed by atoms with Crippen molar-refractivity contribution < 1.29 is 4.79 Å². The van der Waals surface area contributed by atoms with Gasteiger partial charge >= 0.3 is 0 Å². The van der Waals surface area contributed by atoms with Crippen LogP contribution in [0.15, 0.2) is 18.5 Å². The predicted octanol–water partition coefficient (Wildman–Crippen LogP) is 2.45. The van der Waals surface area contributed by atoms with Crippen LogP contribution in [0.2, 0.25) is 0 Å². The Morgan fingerprint density at radius 3 is 2.95 bits per heavy atom. The maximum atomic E-state index is 11.7. The van der Waals surface area contributed by atoms with Crippen LogP contribution in [0, 0.1) is 13.8 Å². The fraction of sp³-hybridized carbons (Fsp3) is 0.467. The van der Waals surface area contributed by atoms with E-state index >= 15 is 0 Å². The van der Waals surface area contributed by atoms with Crippen molar-refractivity contribution in [1.82, 2.24) is 15.1 Å². The van der Waals surface area contributed by atoms with E-state index in [1.165, 1.54) is 15.3 Å². The molecule has 2 heterocycles. The highest BCUT2D eigenvalue weighted by atomic mass is 32.1. The molecule has 0 radical (unpaired) electrons. The first kappa shape index (κ1) is 14.1. The number of carbonyl (C=O) groups excluding carboxylic acids is 1. The minimum Gasteiger partial charge on any atom is -0.378 e. The number of nitrogens with one attached hydrogen (secondary N) is 2. The molecule has 2 aromatic heterocycles. The highest BCUT2D eigenvalue weighted by molar-refractivity contribution is 7.12. The Morgan fingerprint density at radius 1 is 1.48 bits per heavy atom. The van der Waals surface area contributed by atoms with Gasteiger partial charge in [-0.05, 0) is 38.3 Å². The molecule has 3 rings (SSSR count). The van der Waals surface area contributed by atoms with Crippen LogP contribution in [-0.4, -0.2) is 21.7 Å². The third-order valence-corrected chi connectivity index (χ3v) is 4.52. The molecule has 6 heteroatoms. The number of carbonyl (C=O) groups is 1. The molecule has 0 aliphatic heterocycles. The van der Waals surface area contributed by atoms with Crippen molar-refractivity contribution in [2.75, 3.05) is 5.32 Å². The second-order valence-corrected chi connectivity index (χ2v) is 7.02. The molecule has 0 bridgehead atoms. The zero-order valence-corrected chi connectivity index (χ0v) is 13.2. The Bertz CT molecular complexity index is 642. The lowest BCUT2D eigenvalue weighted by Crippen LogP contribution is -2.29. The summed E-state index contributed by atoms with van der Waals surface area (Å²) in [6.07, 6.45) is 5.86. The fourth-order valence-corrected chi connectivity index (χ4v) is 3.19. The van der Waals surface area contributed by atoms with E-state index in [4.69, 9.17) is 0 Å². The first-order chi connectivity index (χ1) is 10.1. The first-order valence-electron chi connectivity index (χ1n) is 7.22. The number of anilines is 1. The van der Waals surface area contributed by atoms with Crippen molar-refractivity contribution in [3.8, 4) is 0 Å². The van der Waals surface area contributed by atoms with Gasteiger partial charge in [0.2, 0.25) is 5.91 Å². The topological polar surface area (TPSA) is 59.0 Å². The van der Waals surface area contributed by atoms with Gasteiger partial charge in [-0.3, -0.25) is 9.48 Å². The lowest BCUT2D eigenvalue weighted by atomic mass is 10.2. The summed E-state index contributed by atoms with van der Waals surface area (Å²) < 4.78 is 1.67. The maximum Gasteiger partial charge on any atom is 0.241 e. The van der Waals surface area contributed by atoms with E-state index in [9.17, 15) is 4.79 Å². The number of thiophene rings is 1. The van der Waals surface area contributed by atoms with Crippen LogP contribution in [0.3, 0.4) is 0 Å². The number of aromatic nitrogens is 2. The van der Waals surface area contributed by atoms with Crippen molar-refractivity contribution >= 4 is 22.9 Å². The van der Waals surface area contributed by atoms with E-state index in [0.29, 0.717) is 6.04 Å². The summed E-state index contributed by atoms with van der Waals surface area (Å²) in [5, 5.41) is 10.5. The molecular weight excluding hydrogens is 284 g/mol. The van der Waals surface area contributed by atoms with Gasteiger partial charge < -0.3 is 10.6 Å². The molecule has 0 atom stereocenters. The Labute approximate surface area is 128 Å². The normalized spacial score (nSPS) is 14.2.